The maximum absolute atomic E-state index is 12.8. The first-order chi connectivity index (χ1) is 12.8. The fourth-order valence-electron chi connectivity index (χ4n) is 3.11. The number of carbonyl (C=O) groups is 1. The largest absolute Gasteiger partial charge is 0.480 e. The van der Waals surface area contributed by atoms with Crippen molar-refractivity contribution in [3.63, 3.8) is 0 Å². The monoisotopic (exact) mass is 420 g/mol. The zero-order chi connectivity index (χ0) is 19.2. The molecule has 0 saturated heterocycles. The van der Waals surface area contributed by atoms with E-state index in [0.717, 1.165) is 31.7 Å². The lowest BCUT2D eigenvalue weighted by Crippen LogP contribution is -2.44. The van der Waals surface area contributed by atoms with Gasteiger partial charge in [0.1, 0.15) is 9.75 Å². The number of benzene rings is 1. The number of aromatic nitrogens is 1. The van der Waals surface area contributed by atoms with Crippen LogP contribution in [0.15, 0.2) is 52.9 Å². The Morgan fingerprint density at radius 3 is 2.56 bits per heavy atom. The summed E-state index contributed by atoms with van der Waals surface area (Å²) >= 11 is 2.59. The fraction of sp³-hybridized carbons (Fsp3) is 0.222. The van der Waals surface area contributed by atoms with Crippen LogP contribution >= 0.6 is 22.7 Å². The Morgan fingerprint density at radius 1 is 1.19 bits per heavy atom. The molecule has 0 spiro atoms. The minimum absolute atomic E-state index is 0.0999. The molecule has 0 bridgehead atoms. The summed E-state index contributed by atoms with van der Waals surface area (Å²) < 4.78 is 28.2. The molecule has 0 unspecified atom stereocenters. The number of sulfonamides is 1. The maximum Gasteiger partial charge on any atom is 0.325 e. The normalized spacial score (nSPS) is 21.9. The van der Waals surface area contributed by atoms with E-state index in [1.807, 2.05) is 37.3 Å². The third kappa shape index (κ3) is 3.31. The number of thiazole rings is 1. The van der Waals surface area contributed by atoms with E-state index in [-0.39, 0.29) is 16.5 Å². The molecule has 6 nitrogen and oxygen atoms in total. The summed E-state index contributed by atoms with van der Waals surface area (Å²) in [5.41, 5.74) is -0.680. The van der Waals surface area contributed by atoms with Gasteiger partial charge in [-0.05, 0) is 31.0 Å². The van der Waals surface area contributed by atoms with Gasteiger partial charge in [-0.3, -0.25) is 4.79 Å². The number of nitrogens with zero attached hydrogens (tertiary/aromatic N) is 1. The summed E-state index contributed by atoms with van der Waals surface area (Å²) in [7, 11) is -3.95. The highest BCUT2D eigenvalue weighted by molar-refractivity contribution is 7.91. The Hall–Kier alpha value is -2.07. The number of rotatable bonds is 6. The van der Waals surface area contributed by atoms with Crippen molar-refractivity contribution in [2.45, 2.75) is 29.0 Å². The molecule has 1 aromatic carbocycles. The van der Waals surface area contributed by atoms with Crippen molar-refractivity contribution in [1.29, 1.82) is 0 Å². The average molecular weight is 421 g/mol. The molecule has 9 heteroatoms. The quantitative estimate of drug-likeness (QED) is 0.637. The second kappa shape index (κ2) is 6.52. The lowest BCUT2D eigenvalue weighted by atomic mass is 10.1. The topological polar surface area (TPSA) is 96.4 Å². The molecule has 1 saturated carbocycles. The molecular formula is C18H16N2O4S3. The summed E-state index contributed by atoms with van der Waals surface area (Å²) in [5.74, 6) is -1.54. The van der Waals surface area contributed by atoms with Crippen molar-refractivity contribution in [1.82, 2.24) is 9.71 Å². The number of aryl methyl sites for hydroxylation is 1. The number of nitrogens with one attached hydrogen (secondary N) is 1. The number of hydrogen-bond acceptors (Lipinski definition) is 6. The van der Waals surface area contributed by atoms with Crippen LogP contribution in [0, 0.1) is 6.92 Å². The van der Waals surface area contributed by atoms with E-state index in [9.17, 15) is 18.3 Å². The van der Waals surface area contributed by atoms with E-state index in [2.05, 4.69) is 9.71 Å². The molecule has 2 aromatic heterocycles. The Labute approximate surface area is 164 Å². The van der Waals surface area contributed by atoms with Crippen LogP contribution in [-0.4, -0.2) is 30.0 Å². The molecule has 0 aliphatic heterocycles. The highest BCUT2D eigenvalue weighted by atomic mass is 32.2. The first-order valence-corrected chi connectivity index (χ1v) is 11.3. The molecule has 2 heterocycles. The van der Waals surface area contributed by atoms with Gasteiger partial charge in [-0.15, -0.1) is 22.7 Å². The van der Waals surface area contributed by atoms with Crippen LogP contribution in [0.25, 0.3) is 9.75 Å². The molecule has 3 aromatic rings. The van der Waals surface area contributed by atoms with Gasteiger partial charge in [0.25, 0.3) is 10.0 Å². The van der Waals surface area contributed by atoms with Crippen LogP contribution in [0.5, 0.6) is 0 Å². The average Bonchev–Trinajstić information content (AvgIpc) is 2.98. The predicted molar refractivity (Wildman–Crippen MR) is 105 cm³/mol. The molecule has 1 fully saturated rings. The minimum atomic E-state index is -3.95. The summed E-state index contributed by atoms with van der Waals surface area (Å²) in [6.45, 7) is 1.88. The van der Waals surface area contributed by atoms with Gasteiger partial charge in [-0.2, -0.15) is 4.72 Å². The summed E-state index contributed by atoms with van der Waals surface area (Å²) in [6.07, 6.45) is 1.94. The summed E-state index contributed by atoms with van der Waals surface area (Å²) in [4.78, 5) is 17.7. The zero-order valence-corrected chi connectivity index (χ0v) is 16.7. The first-order valence-electron chi connectivity index (χ1n) is 8.17. The van der Waals surface area contributed by atoms with Crippen molar-refractivity contribution < 1.29 is 18.3 Å². The zero-order valence-electron chi connectivity index (χ0n) is 14.2. The predicted octanol–water partition coefficient (Wildman–Crippen LogP) is 3.47. The van der Waals surface area contributed by atoms with Crippen LogP contribution in [-0.2, 0) is 14.8 Å². The number of carboxylic acids is 1. The van der Waals surface area contributed by atoms with Gasteiger partial charge >= 0.3 is 5.97 Å². The number of carboxylic acid groups (broad SMARTS) is 1. The van der Waals surface area contributed by atoms with E-state index < -0.39 is 21.5 Å². The third-order valence-electron chi connectivity index (χ3n) is 4.57. The van der Waals surface area contributed by atoms with Crippen LogP contribution in [0.3, 0.4) is 0 Å². The van der Waals surface area contributed by atoms with Crippen molar-refractivity contribution in [2.24, 2.45) is 0 Å². The van der Waals surface area contributed by atoms with E-state index in [0.29, 0.717) is 0 Å². The van der Waals surface area contributed by atoms with Gasteiger partial charge < -0.3 is 5.11 Å². The van der Waals surface area contributed by atoms with Crippen molar-refractivity contribution in [2.75, 3.05) is 0 Å². The fourth-order valence-corrected chi connectivity index (χ4v) is 6.67. The third-order valence-corrected chi connectivity index (χ3v) is 8.77. The van der Waals surface area contributed by atoms with E-state index >= 15 is 0 Å². The molecule has 2 N–H and O–H groups in total. The van der Waals surface area contributed by atoms with E-state index in [1.165, 1.54) is 17.4 Å². The van der Waals surface area contributed by atoms with Crippen LogP contribution in [0.1, 0.15) is 22.9 Å². The van der Waals surface area contributed by atoms with E-state index in [1.54, 1.807) is 12.3 Å². The molecule has 2 atom stereocenters. The van der Waals surface area contributed by atoms with Gasteiger partial charge in [0, 0.05) is 17.0 Å². The molecular weight excluding hydrogens is 404 g/mol. The molecule has 4 rings (SSSR count). The highest BCUT2D eigenvalue weighted by Gasteiger charge is 2.63. The second-order valence-corrected chi connectivity index (χ2v) is 10.6. The van der Waals surface area contributed by atoms with Crippen molar-refractivity contribution in [3.05, 3.63) is 59.2 Å². The smallest absolute Gasteiger partial charge is 0.325 e. The minimum Gasteiger partial charge on any atom is -0.480 e. The van der Waals surface area contributed by atoms with Gasteiger partial charge in [0.2, 0.25) is 0 Å². The van der Waals surface area contributed by atoms with Crippen molar-refractivity contribution in [3.8, 4) is 9.75 Å². The van der Waals surface area contributed by atoms with Crippen LogP contribution < -0.4 is 4.72 Å². The number of thiophene rings is 1. The Kier molecular flexibility index (Phi) is 4.42. The van der Waals surface area contributed by atoms with Gasteiger partial charge in [-0.1, -0.05) is 30.3 Å². The van der Waals surface area contributed by atoms with Crippen molar-refractivity contribution >= 4 is 38.7 Å². The number of hydrogen-bond donors (Lipinski definition) is 2. The Morgan fingerprint density at radius 2 is 1.93 bits per heavy atom. The standard InChI is InChI=1S/C18H16N2O4S3/c1-11-19-10-15(25-11)14-7-8-16(26-14)27(23,24)20-18(17(21)22)9-13(18)12-5-3-2-4-6-12/h2-8,10,13,20H,9H2,1H3,(H,21,22)/t13-,18+/m1/s1. The van der Waals surface area contributed by atoms with Gasteiger partial charge in [0.05, 0.1) is 9.88 Å². The molecule has 140 valence electrons. The Bertz CT molecular complexity index is 1100. The second-order valence-electron chi connectivity index (χ2n) is 6.41. The lowest BCUT2D eigenvalue weighted by Gasteiger charge is -2.14. The SMILES string of the molecule is Cc1ncc(-c2ccc(S(=O)(=O)N[C@@]3(C(=O)O)C[C@@H]3c3ccccc3)s2)s1. The highest BCUT2D eigenvalue weighted by Crippen LogP contribution is 2.52. The van der Waals surface area contributed by atoms with E-state index in [4.69, 9.17) is 0 Å². The molecule has 0 radical (unpaired) electrons. The molecule has 27 heavy (non-hydrogen) atoms. The van der Waals surface area contributed by atoms with Gasteiger partial charge in [0.15, 0.2) is 0 Å². The molecule has 0 amide bonds. The number of aliphatic carboxylic acids is 1. The molecule has 1 aliphatic rings. The van der Waals surface area contributed by atoms with Crippen LogP contribution in [0.2, 0.25) is 0 Å². The lowest BCUT2D eigenvalue weighted by molar-refractivity contribution is -0.140. The molecule has 1 aliphatic carbocycles. The Balaban J connectivity index is 1.61. The summed E-state index contributed by atoms with van der Waals surface area (Å²) in [6, 6.07) is 12.3. The maximum atomic E-state index is 12.8. The first kappa shape index (κ1) is 18.3. The van der Waals surface area contributed by atoms with Gasteiger partial charge in [-0.25, -0.2) is 13.4 Å². The summed E-state index contributed by atoms with van der Waals surface area (Å²) in [5, 5.41) is 10.6. The van der Waals surface area contributed by atoms with Crippen LogP contribution in [0.4, 0.5) is 0 Å².